The first kappa shape index (κ1) is 15.9. The van der Waals surface area contributed by atoms with E-state index in [0.717, 1.165) is 31.2 Å². The second-order valence-corrected chi connectivity index (χ2v) is 8.62. The van der Waals surface area contributed by atoms with Gasteiger partial charge in [-0.05, 0) is 62.6 Å². The van der Waals surface area contributed by atoms with Crippen LogP contribution in [-0.4, -0.2) is 41.7 Å². The number of nitrogens with zero attached hydrogens (tertiary/aromatic N) is 1. The Hall–Kier alpha value is -1.55. The molecule has 0 bridgehead atoms. The Labute approximate surface area is 143 Å². The van der Waals surface area contributed by atoms with Crippen molar-refractivity contribution in [1.82, 2.24) is 4.90 Å². The van der Waals surface area contributed by atoms with Gasteiger partial charge >= 0.3 is 0 Å². The first-order chi connectivity index (χ1) is 11.4. The molecular weight excluding hydrogens is 302 g/mol. The standard InChI is InChI=1S/C20H27NO3/c1-19(23)10-16(11-19)18(22)21-12-20(13-21)8-15(9-20)7-14-3-5-17(24-2)6-4-14/h3-6,15-16,23H,7-13H2,1-2H3/t16-,19+. The summed E-state index contributed by atoms with van der Waals surface area (Å²) in [6.45, 7) is 3.69. The van der Waals surface area contributed by atoms with Crippen LogP contribution in [0.15, 0.2) is 24.3 Å². The molecule has 4 heteroatoms. The number of aliphatic hydroxyl groups is 1. The van der Waals surface area contributed by atoms with Crippen LogP contribution in [0.25, 0.3) is 0 Å². The molecule has 4 nitrogen and oxygen atoms in total. The van der Waals surface area contributed by atoms with E-state index in [-0.39, 0.29) is 11.8 Å². The zero-order valence-electron chi connectivity index (χ0n) is 14.6. The van der Waals surface area contributed by atoms with Gasteiger partial charge in [-0.25, -0.2) is 0 Å². The summed E-state index contributed by atoms with van der Waals surface area (Å²) in [6, 6.07) is 8.37. The van der Waals surface area contributed by atoms with Gasteiger partial charge in [-0.1, -0.05) is 12.1 Å². The summed E-state index contributed by atoms with van der Waals surface area (Å²) < 4.78 is 5.20. The van der Waals surface area contributed by atoms with E-state index >= 15 is 0 Å². The third-order valence-electron chi connectivity index (χ3n) is 6.21. The molecule has 0 aromatic heterocycles. The van der Waals surface area contributed by atoms with Gasteiger partial charge in [0.05, 0.1) is 12.7 Å². The van der Waals surface area contributed by atoms with Crippen LogP contribution in [0.1, 0.15) is 38.2 Å². The van der Waals surface area contributed by atoms with Gasteiger partial charge in [0.25, 0.3) is 0 Å². The molecule has 130 valence electrons. The average molecular weight is 329 g/mol. The van der Waals surface area contributed by atoms with Crippen LogP contribution in [0.4, 0.5) is 0 Å². The molecule has 1 heterocycles. The van der Waals surface area contributed by atoms with Crippen molar-refractivity contribution in [2.45, 2.75) is 44.6 Å². The number of likely N-dealkylation sites (tertiary alicyclic amines) is 1. The van der Waals surface area contributed by atoms with Gasteiger partial charge in [0.15, 0.2) is 0 Å². The van der Waals surface area contributed by atoms with Gasteiger partial charge in [0.1, 0.15) is 5.75 Å². The Kier molecular flexibility index (Phi) is 3.64. The lowest BCUT2D eigenvalue weighted by Crippen LogP contribution is -2.66. The fourth-order valence-electron chi connectivity index (χ4n) is 5.02. The number of hydrogen-bond acceptors (Lipinski definition) is 3. The minimum absolute atomic E-state index is 0.0625. The average Bonchev–Trinajstić information content (AvgIpc) is 2.45. The van der Waals surface area contributed by atoms with Gasteiger partial charge in [-0.3, -0.25) is 4.79 Å². The fraction of sp³-hybridized carbons (Fsp3) is 0.650. The quantitative estimate of drug-likeness (QED) is 0.924. The lowest BCUT2D eigenvalue weighted by atomic mass is 9.56. The maximum Gasteiger partial charge on any atom is 0.225 e. The predicted octanol–water partition coefficient (Wildman–Crippen LogP) is 2.64. The predicted molar refractivity (Wildman–Crippen MR) is 91.8 cm³/mol. The number of amides is 1. The first-order valence-electron chi connectivity index (χ1n) is 9.02. The molecule has 2 saturated carbocycles. The maximum absolute atomic E-state index is 12.4. The normalized spacial score (nSPS) is 31.1. The molecule has 1 aromatic rings. The molecule has 3 aliphatic rings. The van der Waals surface area contributed by atoms with Crippen molar-refractivity contribution in [3.63, 3.8) is 0 Å². The van der Waals surface area contributed by atoms with Gasteiger partial charge in [0.2, 0.25) is 5.91 Å². The largest absolute Gasteiger partial charge is 0.497 e. The number of methoxy groups -OCH3 is 1. The van der Waals surface area contributed by atoms with Crippen LogP contribution in [0.3, 0.4) is 0 Å². The van der Waals surface area contributed by atoms with Gasteiger partial charge < -0.3 is 14.7 Å². The number of ether oxygens (including phenoxy) is 1. The van der Waals surface area contributed by atoms with Crippen molar-refractivity contribution in [3.05, 3.63) is 29.8 Å². The zero-order chi connectivity index (χ0) is 16.9. The molecular formula is C20H27NO3. The Morgan fingerprint density at radius 2 is 1.83 bits per heavy atom. The van der Waals surface area contributed by atoms with E-state index in [1.807, 2.05) is 24.0 Å². The van der Waals surface area contributed by atoms with Crippen molar-refractivity contribution >= 4 is 5.91 Å². The van der Waals surface area contributed by atoms with Crippen LogP contribution in [-0.2, 0) is 11.2 Å². The van der Waals surface area contributed by atoms with E-state index in [2.05, 4.69) is 12.1 Å². The fourth-order valence-corrected chi connectivity index (χ4v) is 5.02. The van der Waals surface area contributed by atoms with E-state index in [9.17, 15) is 9.90 Å². The van der Waals surface area contributed by atoms with E-state index in [1.165, 1.54) is 18.4 Å². The maximum atomic E-state index is 12.4. The first-order valence-corrected chi connectivity index (χ1v) is 9.02. The SMILES string of the molecule is COc1ccc(CC2CC3(C2)CN(C(=O)[C@H]2C[C@@](C)(O)C2)C3)cc1. The lowest BCUT2D eigenvalue weighted by molar-refractivity contribution is -0.171. The minimum atomic E-state index is -0.608. The number of carbonyl (C=O) groups excluding carboxylic acids is 1. The summed E-state index contributed by atoms with van der Waals surface area (Å²) in [6.07, 6.45) is 4.88. The molecule has 1 aromatic carbocycles. The van der Waals surface area contributed by atoms with E-state index < -0.39 is 5.60 Å². The van der Waals surface area contributed by atoms with Crippen LogP contribution in [0.5, 0.6) is 5.75 Å². The topological polar surface area (TPSA) is 49.8 Å². The number of carbonyl (C=O) groups is 1. The zero-order valence-corrected chi connectivity index (χ0v) is 14.6. The van der Waals surface area contributed by atoms with Crippen molar-refractivity contribution in [1.29, 1.82) is 0 Å². The van der Waals surface area contributed by atoms with Gasteiger partial charge in [-0.2, -0.15) is 0 Å². The van der Waals surface area contributed by atoms with E-state index in [1.54, 1.807) is 7.11 Å². The molecule has 4 rings (SSSR count). The number of hydrogen-bond donors (Lipinski definition) is 1. The Bertz CT molecular complexity index is 615. The van der Waals surface area contributed by atoms with Crippen molar-refractivity contribution in [2.75, 3.05) is 20.2 Å². The molecule has 1 saturated heterocycles. The lowest BCUT2D eigenvalue weighted by Gasteiger charge is -2.60. The summed E-state index contributed by atoms with van der Waals surface area (Å²) >= 11 is 0. The highest BCUT2D eigenvalue weighted by atomic mass is 16.5. The minimum Gasteiger partial charge on any atom is -0.497 e. The highest BCUT2D eigenvalue weighted by Crippen LogP contribution is 2.53. The van der Waals surface area contributed by atoms with Crippen molar-refractivity contribution in [3.8, 4) is 5.75 Å². The number of rotatable bonds is 4. The Balaban J connectivity index is 1.22. The molecule has 0 radical (unpaired) electrons. The molecule has 1 N–H and O–H groups in total. The third kappa shape index (κ3) is 2.81. The molecule has 0 unspecified atom stereocenters. The molecule has 2 aliphatic carbocycles. The molecule has 1 spiro atoms. The number of benzene rings is 1. The summed E-state index contributed by atoms with van der Waals surface area (Å²) in [5.41, 5.74) is 1.17. The molecule has 1 amide bonds. The third-order valence-corrected chi connectivity index (χ3v) is 6.21. The monoisotopic (exact) mass is 329 g/mol. The second kappa shape index (κ2) is 5.48. The highest BCUT2D eigenvalue weighted by Gasteiger charge is 2.55. The molecule has 0 atom stereocenters. The van der Waals surface area contributed by atoms with Crippen molar-refractivity contribution < 1.29 is 14.6 Å². The van der Waals surface area contributed by atoms with Crippen LogP contribution < -0.4 is 4.74 Å². The van der Waals surface area contributed by atoms with E-state index in [0.29, 0.717) is 18.3 Å². The Morgan fingerprint density at radius 1 is 1.21 bits per heavy atom. The van der Waals surface area contributed by atoms with Crippen LogP contribution in [0, 0.1) is 17.3 Å². The summed E-state index contributed by atoms with van der Waals surface area (Å²) in [5.74, 6) is 1.99. The molecule has 1 aliphatic heterocycles. The van der Waals surface area contributed by atoms with Crippen LogP contribution >= 0.6 is 0 Å². The van der Waals surface area contributed by atoms with Crippen molar-refractivity contribution in [2.24, 2.45) is 17.3 Å². The molecule has 3 fully saturated rings. The van der Waals surface area contributed by atoms with Gasteiger partial charge in [0, 0.05) is 24.4 Å². The highest BCUT2D eigenvalue weighted by molar-refractivity contribution is 5.81. The smallest absolute Gasteiger partial charge is 0.225 e. The van der Waals surface area contributed by atoms with E-state index in [4.69, 9.17) is 4.74 Å². The second-order valence-electron chi connectivity index (χ2n) is 8.62. The Morgan fingerprint density at radius 3 is 2.38 bits per heavy atom. The summed E-state index contributed by atoms with van der Waals surface area (Å²) in [5, 5.41) is 9.79. The summed E-state index contributed by atoms with van der Waals surface area (Å²) in [7, 11) is 1.69. The van der Waals surface area contributed by atoms with Crippen LogP contribution in [0.2, 0.25) is 0 Å². The summed E-state index contributed by atoms with van der Waals surface area (Å²) in [4.78, 5) is 14.4. The molecule has 24 heavy (non-hydrogen) atoms. The van der Waals surface area contributed by atoms with Gasteiger partial charge in [-0.15, -0.1) is 0 Å².